The van der Waals surface area contributed by atoms with E-state index in [1.807, 2.05) is 19.1 Å². The second-order valence-electron chi connectivity index (χ2n) is 4.76. The minimum Gasteiger partial charge on any atom is -0.452 e. The molecular weight excluding hydrogens is 339 g/mol. The Morgan fingerprint density at radius 3 is 2.57 bits per heavy atom. The van der Waals surface area contributed by atoms with Crippen LogP contribution in [0.15, 0.2) is 42.6 Å². The smallest absolute Gasteiger partial charge is 0.341 e. The van der Waals surface area contributed by atoms with Gasteiger partial charge in [0, 0.05) is 11.2 Å². The standard InChI is InChI=1S/C16H14Cl2N2O3/c1-10(11-4-6-12(17)7-5-11)20-14(21)9-23-16(22)13-3-2-8-19-15(13)18/h2-8,10H,9H2,1H3,(H,20,21)/t10-/m0/s1. The zero-order valence-corrected chi connectivity index (χ0v) is 13.8. The van der Waals surface area contributed by atoms with Crippen molar-refractivity contribution in [3.8, 4) is 0 Å². The number of carbonyl (C=O) groups is 2. The molecule has 2 rings (SSSR count). The van der Waals surface area contributed by atoms with Crippen LogP contribution in [-0.4, -0.2) is 23.5 Å². The van der Waals surface area contributed by atoms with Crippen molar-refractivity contribution in [1.82, 2.24) is 10.3 Å². The molecule has 0 radical (unpaired) electrons. The van der Waals surface area contributed by atoms with E-state index >= 15 is 0 Å². The van der Waals surface area contributed by atoms with Gasteiger partial charge in [0.1, 0.15) is 5.15 Å². The fourth-order valence-electron chi connectivity index (χ4n) is 1.87. The van der Waals surface area contributed by atoms with E-state index in [1.54, 1.807) is 18.2 Å². The van der Waals surface area contributed by atoms with Crippen LogP contribution >= 0.6 is 23.2 Å². The number of pyridine rings is 1. The number of halogens is 2. The van der Waals surface area contributed by atoms with E-state index in [9.17, 15) is 9.59 Å². The third-order valence-electron chi connectivity index (χ3n) is 3.06. The molecule has 120 valence electrons. The van der Waals surface area contributed by atoms with Crippen LogP contribution in [-0.2, 0) is 9.53 Å². The summed E-state index contributed by atoms with van der Waals surface area (Å²) in [6, 6.07) is 9.91. The molecule has 1 aromatic heterocycles. The topological polar surface area (TPSA) is 68.3 Å². The van der Waals surface area contributed by atoms with Gasteiger partial charge in [-0.2, -0.15) is 0 Å². The van der Waals surface area contributed by atoms with Crippen LogP contribution in [0.2, 0.25) is 10.2 Å². The average Bonchev–Trinajstić information content (AvgIpc) is 2.53. The lowest BCUT2D eigenvalue weighted by atomic mass is 10.1. The van der Waals surface area contributed by atoms with Crippen molar-refractivity contribution in [3.63, 3.8) is 0 Å². The van der Waals surface area contributed by atoms with E-state index in [0.717, 1.165) is 5.56 Å². The molecule has 23 heavy (non-hydrogen) atoms. The first-order chi connectivity index (χ1) is 11.0. The molecule has 2 aromatic rings. The zero-order valence-electron chi connectivity index (χ0n) is 12.3. The lowest BCUT2D eigenvalue weighted by Gasteiger charge is -2.14. The van der Waals surface area contributed by atoms with E-state index < -0.39 is 18.5 Å². The Hall–Kier alpha value is -2.11. The van der Waals surface area contributed by atoms with Gasteiger partial charge in [-0.25, -0.2) is 9.78 Å². The maximum atomic E-state index is 11.9. The van der Waals surface area contributed by atoms with E-state index in [2.05, 4.69) is 10.3 Å². The minimum absolute atomic E-state index is 0.0347. The van der Waals surface area contributed by atoms with Crippen LogP contribution in [0.25, 0.3) is 0 Å². The van der Waals surface area contributed by atoms with Crippen LogP contribution < -0.4 is 5.32 Å². The van der Waals surface area contributed by atoms with E-state index in [0.29, 0.717) is 5.02 Å². The third-order valence-corrected chi connectivity index (χ3v) is 3.61. The highest BCUT2D eigenvalue weighted by Crippen LogP contribution is 2.16. The monoisotopic (exact) mass is 352 g/mol. The Kier molecular flexibility index (Phi) is 5.96. The fraction of sp³-hybridized carbons (Fsp3) is 0.188. The number of hydrogen-bond acceptors (Lipinski definition) is 4. The summed E-state index contributed by atoms with van der Waals surface area (Å²) in [6.07, 6.45) is 1.46. The molecule has 0 aliphatic carbocycles. The third kappa shape index (κ3) is 4.94. The Morgan fingerprint density at radius 2 is 1.91 bits per heavy atom. The van der Waals surface area contributed by atoms with Crippen molar-refractivity contribution in [2.75, 3.05) is 6.61 Å². The molecule has 0 bridgehead atoms. The minimum atomic E-state index is -0.697. The highest BCUT2D eigenvalue weighted by molar-refractivity contribution is 6.32. The molecule has 1 aromatic carbocycles. The van der Waals surface area contributed by atoms with Crippen LogP contribution in [0.1, 0.15) is 28.9 Å². The van der Waals surface area contributed by atoms with Gasteiger partial charge < -0.3 is 10.1 Å². The highest BCUT2D eigenvalue weighted by Gasteiger charge is 2.15. The Labute approximate surface area is 143 Å². The van der Waals surface area contributed by atoms with Crippen LogP contribution in [0.3, 0.4) is 0 Å². The number of nitrogens with one attached hydrogen (secondary N) is 1. The molecule has 1 N–H and O–H groups in total. The fourth-order valence-corrected chi connectivity index (χ4v) is 2.19. The van der Waals surface area contributed by atoms with Gasteiger partial charge in [-0.3, -0.25) is 4.79 Å². The maximum Gasteiger partial charge on any atom is 0.341 e. The summed E-state index contributed by atoms with van der Waals surface area (Å²) in [7, 11) is 0. The maximum absolute atomic E-state index is 11.9. The molecule has 0 aliphatic rings. The van der Waals surface area contributed by atoms with E-state index in [4.69, 9.17) is 27.9 Å². The Balaban J connectivity index is 1.86. The number of esters is 1. The zero-order chi connectivity index (χ0) is 16.8. The number of amides is 1. The van der Waals surface area contributed by atoms with E-state index in [-0.39, 0.29) is 16.8 Å². The quantitative estimate of drug-likeness (QED) is 0.661. The first kappa shape index (κ1) is 17.2. The molecule has 0 spiro atoms. The Morgan fingerprint density at radius 1 is 1.22 bits per heavy atom. The lowest BCUT2D eigenvalue weighted by molar-refractivity contribution is -0.124. The van der Waals surface area contributed by atoms with Crippen molar-refractivity contribution in [2.45, 2.75) is 13.0 Å². The molecule has 5 nitrogen and oxygen atoms in total. The average molecular weight is 353 g/mol. The Bertz CT molecular complexity index is 705. The van der Waals surface area contributed by atoms with Gasteiger partial charge >= 0.3 is 5.97 Å². The van der Waals surface area contributed by atoms with Gasteiger partial charge in [-0.15, -0.1) is 0 Å². The number of carbonyl (C=O) groups excluding carboxylic acids is 2. The molecular formula is C16H14Cl2N2O3. The van der Waals surface area contributed by atoms with Crippen molar-refractivity contribution in [3.05, 3.63) is 63.9 Å². The summed E-state index contributed by atoms with van der Waals surface area (Å²) in [4.78, 5) is 27.4. The number of nitrogens with zero attached hydrogens (tertiary/aromatic N) is 1. The molecule has 0 unspecified atom stereocenters. The highest BCUT2D eigenvalue weighted by atomic mass is 35.5. The largest absolute Gasteiger partial charge is 0.452 e. The molecule has 7 heteroatoms. The predicted molar refractivity (Wildman–Crippen MR) is 87.5 cm³/mol. The van der Waals surface area contributed by atoms with Crippen molar-refractivity contribution < 1.29 is 14.3 Å². The number of benzene rings is 1. The van der Waals surface area contributed by atoms with Gasteiger partial charge in [-0.1, -0.05) is 35.3 Å². The number of ether oxygens (including phenoxy) is 1. The molecule has 0 fully saturated rings. The van der Waals surface area contributed by atoms with Gasteiger partial charge in [-0.05, 0) is 36.8 Å². The normalized spacial score (nSPS) is 11.6. The first-order valence-corrected chi connectivity index (χ1v) is 7.55. The second kappa shape index (κ2) is 7.94. The summed E-state index contributed by atoms with van der Waals surface area (Å²) in [5.74, 6) is -1.11. The lowest BCUT2D eigenvalue weighted by Crippen LogP contribution is -2.31. The summed E-state index contributed by atoms with van der Waals surface area (Å²) in [5, 5.41) is 3.38. The van der Waals surface area contributed by atoms with Gasteiger partial charge in [0.2, 0.25) is 0 Å². The molecule has 0 saturated carbocycles. The van der Waals surface area contributed by atoms with Crippen LogP contribution in [0, 0.1) is 0 Å². The van der Waals surface area contributed by atoms with Gasteiger partial charge in [0.15, 0.2) is 6.61 Å². The van der Waals surface area contributed by atoms with Gasteiger partial charge in [0.25, 0.3) is 5.91 Å². The van der Waals surface area contributed by atoms with E-state index in [1.165, 1.54) is 12.3 Å². The summed E-state index contributed by atoms with van der Waals surface area (Å²) in [5.41, 5.74) is 1.01. The molecule has 1 amide bonds. The SMILES string of the molecule is C[C@H](NC(=O)COC(=O)c1cccnc1Cl)c1ccc(Cl)cc1. The molecule has 0 saturated heterocycles. The first-order valence-electron chi connectivity index (χ1n) is 6.80. The number of hydrogen-bond donors (Lipinski definition) is 1. The van der Waals surface area contributed by atoms with Crippen molar-refractivity contribution in [1.29, 1.82) is 0 Å². The number of aromatic nitrogens is 1. The summed E-state index contributed by atoms with van der Waals surface area (Å²) in [6.45, 7) is 1.42. The van der Waals surface area contributed by atoms with Gasteiger partial charge in [0.05, 0.1) is 11.6 Å². The van der Waals surface area contributed by atoms with Crippen LogP contribution in [0.4, 0.5) is 0 Å². The van der Waals surface area contributed by atoms with Crippen molar-refractivity contribution >= 4 is 35.1 Å². The van der Waals surface area contributed by atoms with Crippen molar-refractivity contribution in [2.24, 2.45) is 0 Å². The summed E-state index contributed by atoms with van der Waals surface area (Å²) >= 11 is 11.6. The molecule has 0 aliphatic heterocycles. The predicted octanol–water partition coefficient (Wildman–Crippen LogP) is 3.42. The number of rotatable bonds is 5. The summed E-state index contributed by atoms with van der Waals surface area (Å²) < 4.78 is 4.93. The molecule has 1 heterocycles. The second-order valence-corrected chi connectivity index (χ2v) is 5.55. The van der Waals surface area contributed by atoms with Crippen LogP contribution in [0.5, 0.6) is 0 Å². The molecule has 1 atom stereocenters.